The van der Waals surface area contributed by atoms with E-state index in [1.54, 1.807) is 0 Å². The maximum absolute atomic E-state index is 14.4. The highest BCUT2D eigenvalue weighted by Crippen LogP contribution is 2.38. The molecule has 0 N–H and O–H groups in total. The van der Waals surface area contributed by atoms with Crippen LogP contribution in [0.4, 0.5) is 18.9 Å². The van der Waals surface area contributed by atoms with Gasteiger partial charge in [-0.1, -0.05) is 0 Å². The first kappa shape index (κ1) is 18.4. The van der Waals surface area contributed by atoms with E-state index >= 15 is 0 Å². The number of hydrogen-bond donors (Lipinski definition) is 0. The Labute approximate surface area is 149 Å². The Morgan fingerprint density at radius 3 is 2.27 bits per heavy atom. The Hall–Kier alpha value is -2.42. The van der Waals surface area contributed by atoms with E-state index in [0.29, 0.717) is 18.9 Å². The smallest absolute Gasteiger partial charge is 0.267 e. The van der Waals surface area contributed by atoms with Crippen molar-refractivity contribution in [3.63, 3.8) is 0 Å². The number of methoxy groups -OCH3 is 2. The van der Waals surface area contributed by atoms with Crippen molar-refractivity contribution in [3.8, 4) is 11.5 Å². The summed E-state index contributed by atoms with van der Waals surface area (Å²) in [6.07, 6.45) is 0.675. The van der Waals surface area contributed by atoms with Crippen molar-refractivity contribution < 1.29 is 31.1 Å². The first-order valence-corrected chi connectivity index (χ1v) is 9.15. The van der Waals surface area contributed by atoms with Crippen LogP contribution in [0.3, 0.4) is 0 Å². The minimum Gasteiger partial charge on any atom is -0.493 e. The summed E-state index contributed by atoms with van der Waals surface area (Å²) in [5.41, 5.74) is -0.0370. The van der Waals surface area contributed by atoms with Crippen molar-refractivity contribution in [1.29, 1.82) is 0 Å². The molecular weight excluding hydrogens is 371 g/mol. The van der Waals surface area contributed by atoms with Gasteiger partial charge >= 0.3 is 0 Å². The van der Waals surface area contributed by atoms with Crippen molar-refractivity contribution in [3.05, 3.63) is 47.3 Å². The van der Waals surface area contributed by atoms with Gasteiger partial charge in [0, 0.05) is 24.7 Å². The van der Waals surface area contributed by atoms with Crippen LogP contribution in [-0.2, 0) is 16.4 Å². The summed E-state index contributed by atoms with van der Waals surface area (Å²) >= 11 is 0. The van der Waals surface area contributed by atoms with E-state index in [-0.39, 0.29) is 29.3 Å². The van der Waals surface area contributed by atoms with Crippen LogP contribution in [0.5, 0.6) is 11.5 Å². The number of aryl methyl sites for hydroxylation is 1. The van der Waals surface area contributed by atoms with Crippen LogP contribution in [-0.4, -0.2) is 29.2 Å². The van der Waals surface area contributed by atoms with Crippen LogP contribution in [0.2, 0.25) is 0 Å². The molecule has 140 valence electrons. The molecule has 5 nitrogen and oxygen atoms in total. The minimum absolute atomic E-state index is 0.0179. The molecule has 0 radical (unpaired) electrons. The number of ether oxygens (including phenoxy) is 2. The molecule has 0 spiro atoms. The summed E-state index contributed by atoms with van der Waals surface area (Å²) < 4.78 is 79.0. The Morgan fingerprint density at radius 2 is 1.62 bits per heavy atom. The van der Waals surface area contributed by atoms with Gasteiger partial charge in [-0.2, -0.15) is 0 Å². The molecule has 2 aromatic rings. The maximum Gasteiger partial charge on any atom is 0.267 e. The fraction of sp³-hybridized carbons (Fsp3) is 0.294. The van der Waals surface area contributed by atoms with Gasteiger partial charge in [-0.15, -0.1) is 0 Å². The number of anilines is 1. The van der Waals surface area contributed by atoms with Gasteiger partial charge in [-0.3, -0.25) is 4.31 Å². The normalized spacial score (nSPS) is 14.1. The number of fused-ring (bicyclic) bond motifs is 1. The van der Waals surface area contributed by atoms with Crippen molar-refractivity contribution in [2.75, 3.05) is 25.1 Å². The van der Waals surface area contributed by atoms with E-state index in [4.69, 9.17) is 9.47 Å². The lowest BCUT2D eigenvalue weighted by Gasteiger charge is -2.31. The SMILES string of the molecule is COc1cc(F)c(S(=O)(=O)N2CCCc3cc(F)cc(F)c32)cc1OC. The largest absolute Gasteiger partial charge is 0.493 e. The maximum atomic E-state index is 14.4. The van der Waals surface area contributed by atoms with Crippen molar-refractivity contribution >= 4 is 15.7 Å². The average Bonchev–Trinajstić information content (AvgIpc) is 2.60. The zero-order chi connectivity index (χ0) is 19.1. The summed E-state index contributed by atoms with van der Waals surface area (Å²) in [7, 11) is -1.87. The van der Waals surface area contributed by atoms with Crippen LogP contribution in [0, 0.1) is 17.5 Å². The molecule has 0 bridgehead atoms. The van der Waals surface area contributed by atoms with E-state index in [1.807, 2.05) is 0 Å². The van der Waals surface area contributed by atoms with E-state index in [0.717, 1.165) is 22.5 Å². The van der Waals surface area contributed by atoms with Gasteiger partial charge in [0.25, 0.3) is 10.0 Å². The number of halogens is 3. The van der Waals surface area contributed by atoms with Crippen molar-refractivity contribution in [2.45, 2.75) is 17.7 Å². The van der Waals surface area contributed by atoms with Crippen LogP contribution < -0.4 is 13.8 Å². The minimum atomic E-state index is -4.44. The highest BCUT2D eigenvalue weighted by Gasteiger charge is 2.34. The highest BCUT2D eigenvalue weighted by atomic mass is 32.2. The summed E-state index contributed by atoms with van der Waals surface area (Å²) in [5.74, 6) is -2.82. The molecule has 1 heterocycles. The fourth-order valence-electron chi connectivity index (χ4n) is 3.01. The first-order chi connectivity index (χ1) is 12.3. The van der Waals surface area contributed by atoms with Gasteiger partial charge in [0.1, 0.15) is 16.5 Å². The quantitative estimate of drug-likeness (QED) is 0.808. The molecule has 0 saturated heterocycles. The second-order valence-corrected chi connectivity index (χ2v) is 7.54. The lowest BCUT2D eigenvalue weighted by molar-refractivity contribution is 0.350. The van der Waals surface area contributed by atoms with Crippen LogP contribution >= 0.6 is 0 Å². The molecule has 0 fully saturated rings. The third-order valence-corrected chi connectivity index (χ3v) is 5.98. The second-order valence-electron chi connectivity index (χ2n) is 5.71. The summed E-state index contributed by atoms with van der Waals surface area (Å²) in [4.78, 5) is -0.674. The Bertz CT molecular complexity index is 963. The fourth-order valence-corrected chi connectivity index (χ4v) is 4.62. The molecule has 1 aliphatic heterocycles. The van der Waals surface area contributed by atoms with Gasteiger partial charge < -0.3 is 9.47 Å². The molecule has 0 aromatic heterocycles. The highest BCUT2D eigenvalue weighted by molar-refractivity contribution is 7.92. The van der Waals surface area contributed by atoms with E-state index in [1.165, 1.54) is 14.2 Å². The zero-order valence-electron chi connectivity index (χ0n) is 14.1. The molecule has 1 aliphatic rings. The van der Waals surface area contributed by atoms with Crippen molar-refractivity contribution in [1.82, 2.24) is 0 Å². The molecule has 9 heteroatoms. The summed E-state index contributed by atoms with van der Waals surface area (Å²) in [6.45, 7) is -0.0499. The van der Waals surface area contributed by atoms with Crippen LogP contribution in [0.15, 0.2) is 29.2 Å². The molecule has 2 aromatic carbocycles. The third kappa shape index (κ3) is 2.96. The molecule has 0 atom stereocenters. The molecule has 0 aliphatic carbocycles. The Morgan fingerprint density at radius 1 is 0.962 bits per heavy atom. The van der Waals surface area contributed by atoms with E-state index in [2.05, 4.69) is 0 Å². The van der Waals surface area contributed by atoms with E-state index < -0.39 is 32.4 Å². The molecule has 0 saturated carbocycles. The van der Waals surface area contributed by atoms with Crippen LogP contribution in [0.1, 0.15) is 12.0 Å². The topological polar surface area (TPSA) is 55.8 Å². The average molecular weight is 387 g/mol. The van der Waals surface area contributed by atoms with Gasteiger partial charge in [-0.05, 0) is 24.5 Å². The van der Waals surface area contributed by atoms with Gasteiger partial charge in [-0.25, -0.2) is 21.6 Å². The number of nitrogens with zero attached hydrogens (tertiary/aromatic N) is 1. The standard InChI is InChI=1S/C17H16F3NO4S/c1-24-14-8-12(19)16(9-15(14)25-2)26(22,23)21-5-3-4-10-6-11(18)7-13(20)17(10)21/h6-9H,3-5H2,1-2H3. The molecule has 0 unspecified atom stereocenters. The van der Waals surface area contributed by atoms with E-state index in [9.17, 15) is 21.6 Å². The van der Waals surface area contributed by atoms with Gasteiger partial charge in [0.15, 0.2) is 17.3 Å². The summed E-state index contributed by atoms with van der Waals surface area (Å²) in [6, 6.07) is 3.57. The molecular formula is C17H16F3NO4S. The predicted octanol–water partition coefficient (Wildman–Crippen LogP) is 3.26. The lowest BCUT2D eigenvalue weighted by atomic mass is 10.0. The first-order valence-electron chi connectivity index (χ1n) is 7.71. The van der Waals surface area contributed by atoms with Gasteiger partial charge in [0.2, 0.25) is 0 Å². The molecule has 26 heavy (non-hydrogen) atoms. The molecule has 3 rings (SSSR count). The molecule has 0 amide bonds. The predicted molar refractivity (Wildman–Crippen MR) is 88.7 cm³/mol. The monoisotopic (exact) mass is 387 g/mol. The Kier molecular flexibility index (Phi) is 4.74. The Balaban J connectivity index is 2.17. The van der Waals surface area contributed by atoms with Crippen molar-refractivity contribution in [2.24, 2.45) is 0 Å². The number of benzene rings is 2. The number of rotatable bonds is 4. The number of hydrogen-bond acceptors (Lipinski definition) is 4. The number of sulfonamides is 1. The van der Waals surface area contributed by atoms with Gasteiger partial charge in [0.05, 0.1) is 19.9 Å². The summed E-state index contributed by atoms with van der Waals surface area (Å²) in [5, 5.41) is 0. The van der Waals surface area contributed by atoms with Crippen LogP contribution in [0.25, 0.3) is 0 Å². The second kappa shape index (κ2) is 6.71. The third-order valence-electron chi connectivity index (χ3n) is 4.17. The zero-order valence-corrected chi connectivity index (χ0v) is 14.9. The lowest BCUT2D eigenvalue weighted by Crippen LogP contribution is -2.36.